The normalized spacial score (nSPS) is 12.6. The van der Waals surface area contributed by atoms with Crippen molar-refractivity contribution in [2.75, 3.05) is 0 Å². The molecule has 10 heteroatoms. The van der Waals surface area contributed by atoms with Crippen LogP contribution in [0, 0.1) is 15.9 Å². The molecular weight excluding hydrogens is 457 g/mol. The number of nitro groups is 1. The molecule has 0 bridgehead atoms. The van der Waals surface area contributed by atoms with E-state index in [9.17, 15) is 31.3 Å². The van der Waals surface area contributed by atoms with Crippen LogP contribution in [0.3, 0.4) is 0 Å². The second-order valence-corrected chi connectivity index (χ2v) is 11.4. The zero-order valence-corrected chi connectivity index (χ0v) is 18.2. The van der Waals surface area contributed by atoms with Gasteiger partial charge in [-0.1, -0.05) is 48.5 Å². The Bertz CT molecular complexity index is 1270. The van der Waals surface area contributed by atoms with Crippen LogP contribution in [0.1, 0.15) is 12.0 Å². The lowest BCUT2D eigenvalue weighted by Gasteiger charge is -2.18. The first-order valence-corrected chi connectivity index (χ1v) is 12.4. The third-order valence-corrected chi connectivity index (χ3v) is 9.75. The number of nitrogens with zero attached hydrogens (tertiary/aromatic N) is 1. The van der Waals surface area contributed by atoms with Gasteiger partial charge in [-0.3, -0.25) is 10.1 Å². The molecule has 7 nitrogen and oxygen atoms in total. The van der Waals surface area contributed by atoms with Crippen LogP contribution in [0.5, 0.6) is 0 Å². The molecule has 0 spiro atoms. The monoisotopic (exact) mass is 475 g/mol. The van der Waals surface area contributed by atoms with Gasteiger partial charge in [-0.25, -0.2) is 21.2 Å². The Kier molecular flexibility index (Phi) is 6.85. The molecule has 0 heterocycles. The summed E-state index contributed by atoms with van der Waals surface area (Å²) in [7, 11) is -9.06. The van der Waals surface area contributed by atoms with Gasteiger partial charge in [0.1, 0.15) is 5.82 Å². The van der Waals surface area contributed by atoms with Gasteiger partial charge >= 0.3 is 0 Å². The van der Waals surface area contributed by atoms with E-state index in [1.807, 2.05) is 0 Å². The van der Waals surface area contributed by atoms with E-state index in [-0.39, 0.29) is 15.4 Å². The van der Waals surface area contributed by atoms with Crippen molar-refractivity contribution in [3.05, 3.63) is 112 Å². The summed E-state index contributed by atoms with van der Waals surface area (Å²) in [5.74, 6) is -0.555. The zero-order chi connectivity index (χ0) is 23.4. The van der Waals surface area contributed by atoms with E-state index in [0.29, 0.717) is 0 Å². The smallest absolute Gasteiger partial charge is 0.249 e. The standard InChI is InChI=1S/C22H18FNO6S2/c23-18-13-11-17(12-14-18)15-19(24(25)26)16-22(31(27,28)20-7-3-1-4-8-20)32(29,30)21-9-5-2-6-10-21/h1-15,22H,16H2/b19-15-. The second kappa shape index (κ2) is 9.41. The van der Waals surface area contributed by atoms with Crippen molar-refractivity contribution >= 4 is 25.8 Å². The largest absolute Gasteiger partial charge is 0.259 e. The average molecular weight is 476 g/mol. The number of benzene rings is 3. The minimum Gasteiger partial charge on any atom is -0.259 e. The topological polar surface area (TPSA) is 111 Å². The Hall–Kier alpha value is -3.37. The Labute approximate surface area is 184 Å². The van der Waals surface area contributed by atoms with E-state index in [4.69, 9.17) is 0 Å². The Morgan fingerprint density at radius 1 is 0.812 bits per heavy atom. The van der Waals surface area contributed by atoms with E-state index < -0.39 is 47.1 Å². The molecule has 0 aliphatic rings. The van der Waals surface area contributed by atoms with Crippen LogP contribution in [0.25, 0.3) is 6.08 Å². The van der Waals surface area contributed by atoms with Gasteiger partial charge in [0.2, 0.25) is 5.70 Å². The Morgan fingerprint density at radius 2 is 1.25 bits per heavy atom. The molecule has 0 N–H and O–H groups in total. The van der Waals surface area contributed by atoms with Crippen molar-refractivity contribution in [2.24, 2.45) is 0 Å². The lowest BCUT2D eigenvalue weighted by molar-refractivity contribution is -0.425. The lowest BCUT2D eigenvalue weighted by Crippen LogP contribution is -2.32. The van der Waals surface area contributed by atoms with Gasteiger partial charge in [0.05, 0.1) is 21.1 Å². The lowest BCUT2D eigenvalue weighted by atomic mass is 10.1. The summed E-state index contributed by atoms with van der Waals surface area (Å²) < 4.78 is 64.3. The molecule has 0 radical (unpaired) electrons. The zero-order valence-electron chi connectivity index (χ0n) is 16.5. The average Bonchev–Trinajstić information content (AvgIpc) is 2.78. The molecule has 0 fully saturated rings. The molecule has 3 aromatic carbocycles. The fourth-order valence-corrected chi connectivity index (χ4v) is 7.48. The van der Waals surface area contributed by atoms with Gasteiger partial charge in [-0.2, -0.15) is 0 Å². The van der Waals surface area contributed by atoms with Crippen LogP contribution in [-0.4, -0.2) is 26.3 Å². The fraction of sp³-hybridized carbons (Fsp3) is 0.0909. The molecule has 0 unspecified atom stereocenters. The highest BCUT2D eigenvalue weighted by atomic mass is 32.3. The molecule has 0 atom stereocenters. The molecule has 3 aromatic rings. The Morgan fingerprint density at radius 3 is 1.66 bits per heavy atom. The third kappa shape index (κ3) is 5.09. The summed E-state index contributed by atoms with van der Waals surface area (Å²) in [5, 5.41) is 11.7. The minimum absolute atomic E-state index is 0.228. The van der Waals surface area contributed by atoms with Crippen LogP contribution < -0.4 is 0 Å². The van der Waals surface area contributed by atoms with Gasteiger partial charge < -0.3 is 0 Å². The summed E-state index contributed by atoms with van der Waals surface area (Å²) in [5.41, 5.74) is -0.410. The SMILES string of the molecule is O=[N+]([O-])/C(=C\c1ccc(F)cc1)CC(S(=O)(=O)c1ccccc1)S(=O)(=O)c1ccccc1. The van der Waals surface area contributed by atoms with Gasteiger partial charge in [0.15, 0.2) is 24.3 Å². The van der Waals surface area contributed by atoms with Crippen molar-refractivity contribution in [1.29, 1.82) is 0 Å². The first-order chi connectivity index (χ1) is 15.1. The highest BCUT2D eigenvalue weighted by Gasteiger charge is 2.42. The van der Waals surface area contributed by atoms with E-state index in [0.717, 1.165) is 18.2 Å². The molecule has 0 aliphatic heterocycles. The maximum Gasteiger partial charge on any atom is 0.249 e. The van der Waals surface area contributed by atoms with Gasteiger partial charge in [-0.05, 0) is 42.0 Å². The second-order valence-electron chi connectivity index (χ2n) is 6.79. The minimum atomic E-state index is -4.53. The third-order valence-electron chi connectivity index (χ3n) is 4.65. The predicted molar refractivity (Wildman–Crippen MR) is 117 cm³/mol. The van der Waals surface area contributed by atoms with Crippen molar-refractivity contribution in [3.8, 4) is 0 Å². The van der Waals surface area contributed by atoms with Crippen LogP contribution >= 0.6 is 0 Å². The number of rotatable bonds is 8. The van der Waals surface area contributed by atoms with Crippen LogP contribution in [0.15, 0.2) is 100 Å². The first kappa shape index (κ1) is 23.3. The quantitative estimate of drug-likeness (QED) is 0.358. The predicted octanol–water partition coefficient (Wildman–Crippen LogP) is 4.11. The Balaban J connectivity index is 2.16. The molecule has 166 valence electrons. The van der Waals surface area contributed by atoms with E-state index in [1.54, 1.807) is 12.1 Å². The van der Waals surface area contributed by atoms with Crippen molar-refractivity contribution in [2.45, 2.75) is 20.8 Å². The molecule has 3 rings (SSSR count). The highest BCUT2D eigenvalue weighted by Crippen LogP contribution is 2.31. The summed E-state index contributed by atoms with van der Waals surface area (Å²) >= 11 is 0. The number of allylic oxidation sites excluding steroid dienone is 1. The van der Waals surface area contributed by atoms with Gasteiger partial charge in [-0.15, -0.1) is 0 Å². The van der Waals surface area contributed by atoms with E-state index in [2.05, 4.69) is 0 Å². The molecule has 32 heavy (non-hydrogen) atoms. The van der Waals surface area contributed by atoms with E-state index >= 15 is 0 Å². The summed E-state index contributed by atoms with van der Waals surface area (Å²) in [6, 6.07) is 18.5. The highest BCUT2D eigenvalue weighted by molar-refractivity contribution is 8.09. The fourth-order valence-electron chi connectivity index (χ4n) is 3.02. The molecule has 0 aromatic heterocycles. The molecule has 0 saturated heterocycles. The van der Waals surface area contributed by atoms with Crippen molar-refractivity contribution in [3.63, 3.8) is 0 Å². The summed E-state index contributed by atoms with van der Waals surface area (Å²) in [6.07, 6.45) is 0.131. The maximum absolute atomic E-state index is 13.3. The van der Waals surface area contributed by atoms with Crippen LogP contribution in [0.4, 0.5) is 4.39 Å². The van der Waals surface area contributed by atoms with E-state index in [1.165, 1.54) is 60.7 Å². The number of sulfone groups is 2. The summed E-state index contributed by atoms with van der Waals surface area (Å²) in [6.45, 7) is 0. The van der Waals surface area contributed by atoms with Crippen LogP contribution in [-0.2, 0) is 19.7 Å². The molecule has 0 aliphatic carbocycles. The maximum atomic E-state index is 13.3. The van der Waals surface area contributed by atoms with Crippen molar-refractivity contribution < 1.29 is 26.1 Å². The molecular formula is C22H18FNO6S2. The first-order valence-electron chi connectivity index (χ1n) is 9.31. The number of hydrogen-bond donors (Lipinski definition) is 0. The number of halogens is 1. The van der Waals surface area contributed by atoms with Crippen LogP contribution in [0.2, 0.25) is 0 Å². The van der Waals surface area contributed by atoms with Gasteiger partial charge in [0, 0.05) is 6.08 Å². The summed E-state index contributed by atoms with van der Waals surface area (Å²) in [4.78, 5) is 10.3. The number of hydrogen-bond acceptors (Lipinski definition) is 6. The molecule has 0 saturated carbocycles. The molecule has 0 amide bonds. The van der Waals surface area contributed by atoms with Crippen molar-refractivity contribution in [1.82, 2.24) is 0 Å². The van der Waals surface area contributed by atoms with Gasteiger partial charge in [0.25, 0.3) is 0 Å².